The Hall–Kier alpha value is -2.66. The van der Waals surface area contributed by atoms with Gasteiger partial charge in [0.15, 0.2) is 0 Å². The van der Waals surface area contributed by atoms with Gasteiger partial charge in [-0.25, -0.2) is 4.79 Å². The summed E-state index contributed by atoms with van der Waals surface area (Å²) in [6.07, 6.45) is 5.05. The first kappa shape index (κ1) is 22.0. The van der Waals surface area contributed by atoms with E-state index in [-0.39, 0.29) is 24.0 Å². The van der Waals surface area contributed by atoms with Crippen molar-refractivity contribution in [2.75, 3.05) is 13.7 Å². The van der Waals surface area contributed by atoms with Gasteiger partial charge in [0.25, 0.3) is 0 Å². The van der Waals surface area contributed by atoms with Crippen molar-refractivity contribution < 1.29 is 19.4 Å². The molecule has 0 aromatic heterocycles. The quantitative estimate of drug-likeness (QED) is 0.607. The van der Waals surface area contributed by atoms with Crippen LogP contribution in [0.15, 0.2) is 54.6 Å². The largest absolute Gasteiger partial charge is 0.465 e. The zero-order valence-corrected chi connectivity index (χ0v) is 17.6. The Morgan fingerprint density at radius 3 is 2.57 bits per heavy atom. The van der Waals surface area contributed by atoms with Crippen LogP contribution in [0.3, 0.4) is 0 Å². The van der Waals surface area contributed by atoms with Crippen molar-refractivity contribution in [2.45, 2.75) is 57.1 Å². The van der Waals surface area contributed by atoms with Crippen LogP contribution in [0.4, 0.5) is 0 Å². The van der Waals surface area contributed by atoms with Crippen molar-refractivity contribution in [1.82, 2.24) is 4.90 Å². The molecular weight excluding hydrogens is 378 g/mol. The number of aliphatic hydroxyl groups excluding tert-OH is 1. The number of ether oxygens (including phenoxy) is 1. The van der Waals surface area contributed by atoms with Gasteiger partial charge < -0.3 is 14.7 Å². The third kappa shape index (κ3) is 6.17. The predicted octanol–water partition coefficient (Wildman–Crippen LogP) is 3.78. The van der Waals surface area contributed by atoms with Crippen LogP contribution in [-0.4, -0.2) is 47.7 Å². The maximum Gasteiger partial charge on any atom is 0.337 e. The highest BCUT2D eigenvalue weighted by Gasteiger charge is 2.30. The number of nitrogens with zero attached hydrogens (tertiary/aromatic N) is 1. The molecule has 30 heavy (non-hydrogen) atoms. The normalized spacial score (nSPS) is 17.2. The minimum absolute atomic E-state index is 0.221. The number of hydrogen-bond donors (Lipinski definition) is 1. The average Bonchev–Trinajstić information content (AvgIpc) is 3.12. The molecule has 2 atom stereocenters. The van der Waals surface area contributed by atoms with Crippen LogP contribution in [0.2, 0.25) is 0 Å². The first-order valence-corrected chi connectivity index (χ1v) is 10.8. The van der Waals surface area contributed by atoms with Crippen LogP contribution in [0.25, 0.3) is 0 Å². The third-order valence-electron chi connectivity index (χ3n) is 5.84. The Kier molecular flexibility index (Phi) is 8.03. The first-order valence-electron chi connectivity index (χ1n) is 10.8. The van der Waals surface area contributed by atoms with Crippen LogP contribution in [-0.2, 0) is 22.4 Å². The van der Waals surface area contributed by atoms with Crippen molar-refractivity contribution in [2.24, 2.45) is 0 Å². The molecule has 0 saturated carbocycles. The van der Waals surface area contributed by atoms with Crippen LogP contribution in [0.5, 0.6) is 0 Å². The smallest absolute Gasteiger partial charge is 0.337 e. The summed E-state index contributed by atoms with van der Waals surface area (Å²) in [5.41, 5.74) is 2.83. The highest BCUT2D eigenvalue weighted by atomic mass is 16.5. The van der Waals surface area contributed by atoms with Gasteiger partial charge in [0.05, 0.1) is 18.8 Å². The topological polar surface area (TPSA) is 66.8 Å². The summed E-state index contributed by atoms with van der Waals surface area (Å²) in [6, 6.07) is 17.7. The molecule has 1 aliphatic rings. The standard InChI is InChI=1S/C25H31NO4/c1-30-25(29)21-11-9-19(10-12-21)8-5-17-26-22(14-16-24(26)28)13-15-23(27)18-20-6-3-2-4-7-20/h2-4,6-7,9-12,22-23,27H,5,8,13-18H2,1H3. The van der Waals surface area contributed by atoms with Gasteiger partial charge in [-0.1, -0.05) is 42.5 Å². The molecule has 1 amide bonds. The summed E-state index contributed by atoms with van der Waals surface area (Å²) >= 11 is 0. The molecule has 1 aliphatic heterocycles. The summed E-state index contributed by atoms with van der Waals surface area (Å²) in [7, 11) is 1.38. The van der Waals surface area contributed by atoms with E-state index in [1.165, 1.54) is 7.11 Å². The van der Waals surface area contributed by atoms with Crippen molar-refractivity contribution in [3.63, 3.8) is 0 Å². The summed E-state index contributed by atoms with van der Waals surface area (Å²) in [6.45, 7) is 0.733. The van der Waals surface area contributed by atoms with E-state index < -0.39 is 0 Å². The molecule has 1 saturated heterocycles. The Bertz CT molecular complexity index is 819. The second-order valence-corrected chi connectivity index (χ2v) is 7.99. The predicted molar refractivity (Wildman–Crippen MR) is 116 cm³/mol. The van der Waals surface area contributed by atoms with Crippen molar-refractivity contribution in [3.05, 3.63) is 71.3 Å². The molecule has 3 rings (SSSR count). The van der Waals surface area contributed by atoms with E-state index in [4.69, 9.17) is 4.74 Å². The molecular formula is C25H31NO4. The van der Waals surface area contributed by atoms with Gasteiger partial charge in [-0.15, -0.1) is 0 Å². The average molecular weight is 410 g/mol. The lowest BCUT2D eigenvalue weighted by Crippen LogP contribution is -2.34. The van der Waals surface area contributed by atoms with E-state index in [2.05, 4.69) is 0 Å². The zero-order valence-electron chi connectivity index (χ0n) is 17.6. The van der Waals surface area contributed by atoms with Crippen LogP contribution >= 0.6 is 0 Å². The second-order valence-electron chi connectivity index (χ2n) is 7.99. The zero-order chi connectivity index (χ0) is 21.3. The lowest BCUT2D eigenvalue weighted by Gasteiger charge is -2.26. The van der Waals surface area contributed by atoms with Gasteiger partial charge >= 0.3 is 5.97 Å². The van der Waals surface area contributed by atoms with Gasteiger partial charge in [0.2, 0.25) is 5.91 Å². The molecule has 0 spiro atoms. The number of benzene rings is 2. The molecule has 5 heteroatoms. The van der Waals surface area contributed by atoms with Gasteiger partial charge in [-0.3, -0.25) is 4.79 Å². The van der Waals surface area contributed by atoms with Gasteiger partial charge in [-0.05, 0) is 61.8 Å². The fourth-order valence-corrected chi connectivity index (χ4v) is 4.15. The summed E-state index contributed by atoms with van der Waals surface area (Å²) in [4.78, 5) is 25.8. The Morgan fingerprint density at radius 2 is 1.87 bits per heavy atom. The molecule has 1 N–H and O–H groups in total. The maximum absolute atomic E-state index is 12.3. The number of aryl methyl sites for hydroxylation is 1. The van der Waals surface area contributed by atoms with Crippen molar-refractivity contribution >= 4 is 11.9 Å². The molecule has 5 nitrogen and oxygen atoms in total. The summed E-state index contributed by atoms with van der Waals surface area (Å²) in [5.74, 6) is -0.111. The number of hydrogen-bond acceptors (Lipinski definition) is 4. The molecule has 2 unspecified atom stereocenters. The number of carbonyl (C=O) groups excluding carboxylic acids is 2. The van der Waals surface area contributed by atoms with Crippen LogP contribution < -0.4 is 0 Å². The molecule has 2 aromatic rings. The number of amides is 1. The molecule has 1 heterocycles. The van der Waals surface area contributed by atoms with Gasteiger partial charge in [0, 0.05) is 19.0 Å². The van der Waals surface area contributed by atoms with Gasteiger partial charge in [-0.2, -0.15) is 0 Å². The van der Waals surface area contributed by atoms with Crippen molar-refractivity contribution in [1.29, 1.82) is 0 Å². The number of rotatable bonds is 10. The second kappa shape index (κ2) is 10.9. The highest BCUT2D eigenvalue weighted by Crippen LogP contribution is 2.24. The molecule has 160 valence electrons. The number of carbonyl (C=O) groups is 2. The van der Waals surface area contributed by atoms with E-state index in [1.807, 2.05) is 47.4 Å². The Labute approximate surface area is 178 Å². The minimum atomic E-state index is -0.377. The number of esters is 1. The molecule has 0 bridgehead atoms. The van der Waals surface area contributed by atoms with Gasteiger partial charge in [0.1, 0.15) is 0 Å². The SMILES string of the molecule is COC(=O)c1ccc(CCCN2C(=O)CCC2CCC(O)Cc2ccccc2)cc1. The van der Waals surface area contributed by atoms with Crippen LogP contribution in [0.1, 0.15) is 53.6 Å². The first-order chi connectivity index (χ1) is 14.6. The van der Waals surface area contributed by atoms with E-state index in [9.17, 15) is 14.7 Å². The van der Waals surface area contributed by atoms with Crippen LogP contribution in [0, 0.1) is 0 Å². The van der Waals surface area contributed by atoms with Crippen molar-refractivity contribution in [3.8, 4) is 0 Å². The lowest BCUT2D eigenvalue weighted by molar-refractivity contribution is -0.129. The van der Waals surface area contributed by atoms with E-state index in [0.717, 1.165) is 43.4 Å². The Balaban J connectivity index is 1.44. The summed E-state index contributed by atoms with van der Waals surface area (Å²) in [5, 5.41) is 10.4. The fraction of sp³-hybridized carbons (Fsp3) is 0.440. The molecule has 2 aromatic carbocycles. The summed E-state index contributed by atoms with van der Waals surface area (Å²) < 4.78 is 4.72. The maximum atomic E-state index is 12.3. The number of methoxy groups -OCH3 is 1. The number of aliphatic hydroxyl groups is 1. The fourth-order valence-electron chi connectivity index (χ4n) is 4.15. The molecule has 1 fully saturated rings. The molecule has 0 aliphatic carbocycles. The minimum Gasteiger partial charge on any atom is -0.465 e. The van der Waals surface area contributed by atoms with E-state index in [0.29, 0.717) is 24.8 Å². The lowest BCUT2D eigenvalue weighted by atomic mass is 10.0. The number of likely N-dealkylation sites (tertiary alicyclic amines) is 1. The third-order valence-corrected chi connectivity index (χ3v) is 5.84. The van der Waals surface area contributed by atoms with E-state index >= 15 is 0 Å². The molecule has 0 radical (unpaired) electrons. The van der Waals surface area contributed by atoms with E-state index in [1.54, 1.807) is 12.1 Å². The monoisotopic (exact) mass is 409 g/mol. The Morgan fingerprint density at radius 1 is 1.13 bits per heavy atom. The highest BCUT2D eigenvalue weighted by molar-refractivity contribution is 5.89.